The van der Waals surface area contributed by atoms with Crippen LogP contribution in [0, 0.1) is 0 Å². The predicted octanol–water partition coefficient (Wildman–Crippen LogP) is 0.626. The summed E-state index contributed by atoms with van der Waals surface area (Å²) in [4.78, 5) is 25.2. The first kappa shape index (κ1) is 16.2. The van der Waals surface area contributed by atoms with Crippen molar-refractivity contribution < 1.29 is 14.5 Å². The summed E-state index contributed by atoms with van der Waals surface area (Å²) in [6.45, 7) is 2.27. The standard InChI is InChI=1S/C19H21N3O2/c1-20-19(24)15-7-4-8-17(11-15)21-18(23)13-22-10-9-14-5-2-3-6-16(14)12-22/h2-8,11H,9-10,12-13H2,1H3,(H,20,24)(H,21,23)/p+1. The van der Waals surface area contributed by atoms with Crippen LogP contribution in [0.2, 0.25) is 0 Å². The second kappa shape index (κ2) is 7.27. The van der Waals surface area contributed by atoms with E-state index in [0.717, 1.165) is 19.5 Å². The third kappa shape index (κ3) is 3.81. The van der Waals surface area contributed by atoms with E-state index in [4.69, 9.17) is 0 Å². The number of nitrogens with one attached hydrogen (secondary N) is 3. The van der Waals surface area contributed by atoms with Crippen LogP contribution in [-0.4, -0.2) is 32.0 Å². The minimum Gasteiger partial charge on any atom is -0.355 e. The second-order valence-electron chi connectivity index (χ2n) is 6.08. The van der Waals surface area contributed by atoms with Crippen LogP contribution in [0.15, 0.2) is 48.5 Å². The summed E-state index contributed by atoms with van der Waals surface area (Å²) >= 11 is 0. The van der Waals surface area contributed by atoms with Gasteiger partial charge in [0.2, 0.25) is 0 Å². The average molecular weight is 324 g/mol. The van der Waals surface area contributed by atoms with Gasteiger partial charge in [-0.1, -0.05) is 30.3 Å². The molecule has 2 aromatic rings. The lowest BCUT2D eigenvalue weighted by Gasteiger charge is -2.25. The van der Waals surface area contributed by atoms with Crippen molar-refractivity contribution in [2.45, 2.75) is 13.0 Å². The molecule has 1 atom stereocenters. The lowest BCUT2D eigenvalue weighted by Crippen LogP contribution is -3.12. The van der Waals surface area contributed by atoms with Crippen LogP contribution in [0.5, 0.6) is 0 Å². The molecule has 1 unspecified atom stereocenters. The van der Waals surface area contributed by atoms with Crippen LogP contribution in [0.4, 0.5) is 5.69 Å². The zero-order valence-corrected chi connectivity index (χ0v) is 13.8. The summed E-state index contributed by atoms with van der Waals surface area (Å²) in [6, 6.07) is 15.4. The van der Waals surface area contributed by atoms with Crippen molar-refractivity contribution in [2.24, 2.45) is 0 Å². The number of benzene rings is 2. The molecule has 0 aromatic heterocycles. The lowest BCUT2D eigenvalue weighted by molar-refractivity contribution is -0.907. The highest BCUT2D eigenvalue weighted by Crippen LogP contribution is 2.11. The van der Waals surface area contributed by atoms with Gasteiger partial charge in [0.05, 0.1) is 6.54 Å². The summed E-state index contributed by atoms with van der Waals surface area (Å²) in [5.41, 5.74) is 3.90. The number of fused-ring (bicyclic) bond motifs is 1. The minimum atomic E-state index is -0.163. The molecule has 1 aliphatic heterocycles. The molecule has 124 valence electrons. The Morgan fingerprint density at radius 2 is 1.88 bits per heavy atom. The van der Waals surface area contributed by atoms with E-state index in [1.807, 2.05) is 6.07 Å². The highest BCUT2D eigenvalue weighted by Gasteiger charge is 2.21. The maximum absolute atomic E-state index is 12.3. The molecule has 2 amide bonds. The smallest absolute Gasteiger partial charge is 0.279 e. The predicted molar refractivity (Wildman–Crippen MR) is 93.0 cm³/mol. The molecule has 24 heavy (non-hydrogen) atoms. The van der Waals surface area contributed by atoms with Crippen molar-refractivity contribution in [2.75, 3.05) is 25.5 Å². The summed E-state index contributed by atoms with van der Waals surface area (Å²) in [7, 11) is 1.59. The van der Waals surface area contributed by atoms with Crippen LogP contribution in [0.25, 0.3) is 0 Å². The van der Waals surface area contributed by atoms with E-state index < -0.39 is 0 Å². The molecule has 3 N–H and O–H groups in total. The Kier molecular flexibility index (Phi) is 4.91. The third-order valence-corrected chi connectivity index (χ3v) is 4.35. The fourth-order valence-corrected chi connectivity index (χ4v) is 3.11. The van der Waals surface area contributed by atoms with Crippen molar-refractivity contribution in [1.29, 1.82) is 0 Å². The molecule has 5 heteroatoms. The van der Waals surface area contributed by atoms with Crippen molar-refractivity contribution in [3.63, 3.8) is 0 Å². The fraction of sp³-hybridized carbons (Fsp3) is 0.263. The van der Waals surface area contributed by atoms with Gasteiger partial charge in [-0.3, -0.25) is 9.59 Å². The van der Waals surface area contributed by atoms with E-state index in [2.05, 4.69) is 28.8 Å². The molecule has 1 aliphatic rings. The SMILES string of the molecule is CNC(=O)c1cccc(NC(=O)C[NH+]2CCc3ccccc3C2)c1. The molecule has 0 spiro atoms. The zero-order chi connectivity index (χ0) is 16.9. The Labute approximate surface area is 141 Å². The fourth-order valence-electron chi connectivity index (χ4n) is 3.11. The topological polar surface area (TPSA) is 62.6 Å². The number of carbonyl (C=O) groups is 2. The van der Waals surface area contributed by atoms with Crippen LogP contribution in [0.3, 0.4) is 0 Å². The van der Waals surface area contributed by atoms with Crippen molar-refractivity contribution in [3.05, 3.63) is 65.2 Å². The zero-order valence-electron chi connectivity index (χ0n) is 13.8. The van der Waals surface area contributed by atoms with E-state index in [-0.39, 0.29) is 11.8 Å². The van der Waals surface area contributed by atoms with Crippen molar-refractivity contribution in [1.82, 2.24) is 5.32 Å². The maximum Gasteiger partial charge on any atom is 0.279 e. The molecular formula is C19H22N3O2+. The number of anilines is 1. The van der Waals surface area contributed by atoms with Gasteiger partial charge in [0.25, 0.3) is 11.8 Å². The van der Waals surface area contributed by atoms with Gasteiger partial charge in [0, 0.05) is 30.3 Å². The number of hydrogen-bond donors (Lipinski definition) is 3. The van der Waals surface area contributed by atoms with E-state index in [0.29, 0.717) is 17.8 Å². The van der Waals surface area contributed by atoms with Crippen LogP contribution < -0.4 is 15.5 Å². The summed E-state index contributed by atoms with van der Waals surface area (Å²) in [6.07, 6.45) is 1.00. The van der Waals surface area contributed by atoms with Crippen molar-refractivity contribution >= 4 is 17.5 Å². The Bertz CT molecular complexity index is 758. The minimum absolute atomic E-state index is 0.0292. The molecule has 0 radical (unpaired) electrons. The lowest BCUT2D eigenvalue weighted by atomic mass is 10.00. The molecule has 0 aliphatic carbocycles. The van der Waals surface area contributed by atoms with E-state index in [9.17, 15) is 9.59 Å². The van der Waals surface area contributed by atoms with Gasteiger partial charge >= 0.3 is 0 Å². The highest BCUT2D eigenvalue weighted by molar-refractivity contribution is 5.97. The number of hydrogen-bond acceptors (Lipinski definition) is 2. The summed E-state index contributed by atoms with van der Waals surface area (Å²) < 4.78 is 0. The first-order chi connectivity index (χ1) is 11.7. The number of quaternary nitrogens is 1. The molecule has 0 saturated carbocycles. The van der Waals surface area contributed by atoms with Crippen LogP contribution in [0.1, 0.15) is 21.5 Å². The quantitative estimate of drug-likeness (QED) is 0.772. The molecule has 5 nitrogen and oxygen atoms in total. The number of carbonyl (C=O) groups excluding carboxylic acids is 2. The molecular weight excluding hydrogens is 302 g/mol. The summed E-state index contributed by atoms with van der Waals surface area (Å²) in [5.74, 6) is -0.192. The van der Waals surface area contributed by atoms with E-state index >= 15 is 0 Å². The second-order valence-corrected chi connectivity index (χ2v) is 6.08. The maximum atomic E-state index is 12.3. The summed E-state index contributed by atoms with van der Waals surface area (Å²) in [5, 5.41) is 5.47. The van der Waals surface area contributed by atoms with Gasteiger partial charge in [0.15, 0.2) is 6.54 Å². The Balaban J connectivity index is 1.60. The number of rotatable bonds is 4. The molecule has 3 rings (SSSR count). The van der Waals surface area contributed by atoms with Gasteiger partial charge in [-0.2, -0.15) is 0 Å². The van der Waals surface area contributed by atoms with E-state index in [1.54, 1.807) is 31.3 Å². The van der Waals surface area contributed by atoms with Crippen LogP contribution >= 0.6 is 0 Å². The molecule has 0 saturated heterocycles. The average Bonchev–Trinajstić information content (AvgIpc) is 2.61. The first-order valence-corrected chi connectivity index (χ1v) is 8.18. The van der Waals surface area contributed by atoms with Crippen molar-refractivity contribution in [3.8, 4) is 0 Å². The van der Waals surface area contributed by atoms with E-state index in [1.165, 1.54) is 16.0 Å². The van der Waals surface area contributed by atoms with Gasteiger partial charge in [-0.05, 0) is 23.8 Å². The molecule has 2 aromatic carbocycles. The number of amides is 2. The Morgan fingerprint density at radius 3 is 2.67 bits per heavy atom. The molecule has 0 fully saturated rings. The Hall–Kier alpha value is -2.66. The van der Waals surface area contributed by atoms with Gasteiger partial charge < -0.3 is 15.5 Å². The molecule has 0 bridgehead atoms. The van der Waals surface area contributed by atoms with Gasteiger partial charge in [0.1, 0.15) is 6.54 Å². The van der Waals surface area contributed by atoms with Gasteiger partial charge in [-0.25, -0.2) is 0 Å². The van der Waals surface area contributed by atoms with Crippen LogP contribution in [-0.2, 0) is 17.8 Å². The highest BCUT2D eigenvalue weighted by atomic mass is 16.2. The monoisotopic (exact) mass is 324 g/mol. The Morgan fingerprint density at radius 1 is 1.08 bits per heavy atom. The normalized spacial score (nSPS) is 16.1. The van der Waals surface area contributed by atoms with Gasteiger partial charge in [-0.15, -0.1) is 0 Å². The largest absolute Gasteiger partial charge is 0.355 e. The molecule has 1 heterocycles. The third-order valence-electron chi connectivity index (χ3n) is 4.35. The first-order valence-electron chi connectivity index (χ1n) is 8.18.